The van der Waals surface area contributed by atoms with Crippen molar-refractivity contribution < 1.29 is 5.11 Å². The lowest BCUT2D eigenvalue weighted by molar-refractivity contribution is 0.173. The van der Waals surface area contributed by atoms with Gasteiger partial charge in [0.15, 0.2) is 0 Å². The number of para-hydroxylation sites is 2. The Morgan fingerprint density at radius 2 is 1.84 bits per heavy atom. The highest BCUT2D eigenvalue weighted by Crippen LogP contribution is 2.17. The number of aromatic nitrogens is 3. The fraction of sp³-hybridized carbons (Fsp3) is 0.133. The van der Waals surface area contributed by atoms with E-state index in [0.29, 0.717) is 12.1 Å². The van der Waals surface area contributed by atoms with Gasteiger partial charge in [-0.05, 0) is 23.8 Å². The molecule has 0 fully saturated rings. The standard InChI is InChI=1S/C15H13N3O/c19-15(8-11-4-3-7-16-9-11)14-10-17-12-5-1-2-6-13(12)18-14/h1-7,9-10,15,19H,8H2. The minimum atomic E-state index is -0.665. The molecule has 0 amide bonds. The van der Waals surface area contributed by atoms with E-state index in [1.807, 2.05) is 36.4 Å². The van der Waals surface area contributed by atoms with Crippen LogP contribution in [0, 0.1) is 0 Å². The van der Waals surface area contributed by atoms with Crippen molar-refractivity contribution in [1.82, 2.24) is 15.0 Å². The van der Waals surface area contributed by atoms with Gasteiger partial charge in [-0.15, -0.1) is 0 Å². The average molecular weight is 251 g/mol. The van der Waals surface area contributed by atoms with Crippen LogP contribution in [0.5, 0.6) is 0 Å². The molecule has 2 aromatic heterocycles. The zero-order valence-electron chi connectivity index (χ0n) is 10.3. The van der Waals surface area contributed by atoms with Crippen LogP contribution < -0.4 is 0 Å². The van der Waals surface area contributed by atoms with Crippen LogP contribution >= 0.6 is 0 Å². The maximum absolute atomic E-state index is 10.2. The average Bonchev–Trinajstić information content (AvgIpc) is 2.48. The van der Waals surface area contributed by atoms with E-state index < -0.39 is 6.10 Å². The van der Waals surface area contributed by atoms with E-state index in [1.165, 1.54) is 0 Å². The van der Waals surface area contributed by atoms with Crippen LogP contribution in [0.4, 0.5) is 0 Å². The molecule has 0 aliphatic rings. The quantitative estimate of drug-likeness (QED) is 0.776. The Kier molecular flexibility index (Phi) is 3.16. The molecule has 0 radical (unpaired) electrons. The second-order valence-electron chi connectivity index (χ2n) is 4.36. The van der Waals surface area contributed by atoms with Crippen molar-refractivity contribution in [2.75, 3.05) is 0 Å². The Labute approximate surface area is 110 Å². The van der Waals surface area contributed by atoms with Crippen LogP contribution in [0.15, 0.2) is 55.0 Å². The molecule has 0 spiro atoms. The monoisotopic (exact) mass is 251 g/mol. The first-order valence-electron chi connectivity index (χ1n) is 6.11. The number of hydrogen-bond acceptors (Lipinski definition) is 4. The van der Waals surface area contributed by atoms with Crippen molar-refractivity contribution in [1.29, 1.82) is 0 Å². The van der Waals surface area contributed by atoms with E-state index in [1.54, 1.807) is 18.6 Å². The molecule has 1 aromatic carbocycles. The van der Waals surface area contributed by atoms with Crippen molar-refractivity contribution in [2.24, 2.45) is 0 Å². The van der Waals surface area contributed by atoms with Crippen molar-refractivity contribution in [2.45, 2.75) is 12.5 Å². The summed E-state index contributed by atoms with van der Waals surface area (Å²) in [5, 5.41) is 10.2. The number of pyridine rings is 1. The van der Waals surface area contributed by atoms with Crippen LogP contribution in [0.2, 0.25) is 0 Å². The summed E-state index contributed by atoms with van der Waals surface area (Å²) in [5.41, 5.74) is 3.19. The molecule has 0 saturated carbocycles. The van der Waals surface area contributed by atoms with Gasteiger partial charge in [-0.25, -0.2) is 4.98 Å². The third-order valence-corrected chi connectivity index (χ3v) is 2.96. The number of aliphatic hydroxyl groups excluding tert-OH is 1. The van der Waals surface area contributed by atoms with Crippen LogP contribution in [0.3, 0.4) is 0 Å². The number of nitrogens with zero attached hydrogens (tertiary/aromatic N) is 3. The van der Waals surface area contributed by atoms with Gasteiger partial charge in [-0.3, -0.25) is 9.97 Å². The molecule has 3 aromatic rings. The molecule has 1 unspecified atom stereocenters. The summed E-state index contributed by atoms with van der Waals surface area (Å²) in [6.45, 7) is 0. The van der Waals surface area contributed by atoms with Gasteiger partial charge < -0.3 is 5.11 Å². The molecule has 1 atom stereocenters. The highest BCUT2D eigenvalue weighted by molar-refractivity contribution is 5.73. The maximum Gasteiger partial charge on any atom is 0.102 e. The van der Waals surface area contributed by atoms with Gasteiger partial charge in [-0.1, -0.05) is 18.2 Å². The molecule has 4 nitrogen and oxygen atoms in total. The van der Waals surface area contributed by atoms with Gasteiger partial charge in [0.2, 0.25) is 0 Å². The molecule has 0 saturated heterocycles. The van der Waals surface area contributed by atoms with Crippen LogP contribution in [0.1, 0.15) is 17.4 Å². The molecule has 1 N–H and O–H groups in total. The molecule has 94 valence electrons. The predicted molar refractivity (Wildman–Crippen MR) is 72.4 cm³/mol. The Hall–Kier alpha value is -2.33. The van der Waals surface area contributed by atoms with E-state index in [2.05, 4.69) is 15.0 Å². The van der Waals surface area contributed by atoms with Crippen molar-refractivity contribution in [3.05, 3.63) is 66.2 Å². The summed E-state index contributed by atoms with van der Waals surface area (Å²) in [6, 6.07) is 11.4. The second-order valence-corrected chi connectivity index (χ2v) is 4.36. The Bertz CT molecular complexity index is 685. The Balaban J connectivity index is 1.87. The molecule has 2 heterocycles. The van der Waals surface area contributed by atoms with Crippen LogP contribution in [0.25, 0.3) is 11.0 Å². The highest BCUT2D eigenvalue weighted by Gasteiger charge is 2.11. The smallest absolute Gasteiger partial charge is 0.102 e. The second kappa shape index (κ2) is 5.12. The Morgan fingerprint density at radius 3 is 2.63 bits per heavy atom. The molecule has 19 heavy (non-hydrogen) atoms. The molecular formula is C15H13N3O. The lowest BCUT2D eigenvalue weighted by Gasteiger charge is -2.10. The van der Waals surface area contributed by atoms with Gasteiger partial charge in [0, 0.05) is 18.8 Å². The van der Waals surface area contributed by atoms with Crippen LogP contribution in [-0.2, 0) is 6.42 Å². The summed E-state index contributed by atoms with van der Waals surface area (Å²) < 4.78 is 0. The number of aliphatic hydroxyl groups is 1. The summed E-state index contributed by atoms with van der Waals surface area (Å²) in [4.78, 5) is 12.8. The molecule has 0 bridgehead atoms. The summed E-state index contributed by atoms with van der Waals surface area (Å²) in [6.07, 6.45) is 4.91. The lowest BCUT2D eigenvalue weighted by Crippen LogP contribution is -2.05. The van der Waals surface area contributed by atoms with Gasteiger partial charge in [0.25, 0.3) is 0 Å². The molecule has 0 aliphatic carbocycles. The first-order valence-corrected chi connectivity index (χ1v) is 6.11. The maximum atomic E-state index is 10.2. The van der Waals surface area contributed by atoms with Gasteiger partial charge in [0.1, 0.15) is 6.10 Å². The fourth-order valence-electron chi connectivity index (χ4n) is 1.98. The number of hydrogen-bond donors (Lipinski definition) is 1. The van der Waals surface area contributed by atoms with Crippen molar-refractivity contribution in [3.8, 4) is 0 Å². The molecule has 4 heteroatoms. The van der Waals surface area contributed by atoms with Gasteiger partial charge in [0.05, 0.1) is 22.9 Å². The topological polar surface area (TPSA) is 58.9 Å². The minimum Gasteiger partial charge on any atom is -0.386 e. The predicted octanol–water partition coefficient (Wildman–Crippen LogP) is 2.30. The SMILES string of the molecule is OC(Cc1cccnc1)c1cnc2ccccc2n1. The van der Waals surface area contributed by atoms with Crippen molar-refractivity contribution >= 4 is 11.0 Å². The first-order chi connectivity index (χ1) is 9.33. The number of fused-ring (bicyclic) bond motifs is 1. The summed E-state index contributed by atoms with van der Waals surface area (Å²) in [5.74, 6) is 0. The first kappa shape index (κ1) is 11.7. The van der Waals surface area contributed by atoms with E-state index in [0.717, 1.165) is 16.6 Å². The molecule has 3 rings (SSSR count). The zero-order chi connectivity index (χ0) is 13.1. The minimum absolute atomic E-state index is 0.487. The third-order valence-electron chi connectivity index (χ3n) is 2.96. The van der Waals surface area contributed by atoms with Gasteiger partial charge >= 0.3 is 0 Å². The molecular weight excluding hydrogens is 238 g/mol. The fourth-order valence-corrected chi connectivity index (χ4v) is 1.98. The van der Waals surface area contributed by atoms with Crippen molar-refractivity contribution in [3.63, 3.8) is 0 Å². The van der Waals surface area contributed by atoms with Gasteiger partial charge in [-0.2, -0.15) is 0 Å². The zero-order valence-corrected chi connectivity index (χ0v) is 10.3. The van der Waals surface area contributed by atoms with E-state index in [9.17, 15) is 5.11 Å². The van der Waals surface area contributed by atoms with E-state index >= 15 is 0 Å². The molecule has 0 aliphatic heterocycles. The largest absolute Gasteiger partial charge is 0.386 e. The van der Waals surface area contributed by atoms with E-state index in [4.69, 9.17) is 0 Å². The Morgan fingerprint density at radius 1 is 1.00 bits per heavy atom. The van der Waals surface area contributed by atoms with Crippen LogP contribution in [-0.4, -0.2) is 20.1 Å². The number of benzene rings is 1. The highest BCUT2D eigenvalue weighted by atomic mass is 16.3. The summed E-state index contributed by atoms with van der Waals surface area (Å²) in [7, 11) is 0. The van der Waals surface area contributed by atoms with E-state index in [-0.39, 0.29) is 0 Å². The normalized spacial score (nSPS) is 12.5. The number of rotatable bonds is 3. The lowest BCUT2D eigenvalue weighted by atomic mass is 10.1. The summed E-state index contributed by atoms with van der Waals surface area (Å²) >= 11 is 0. The third kappa shape index (κ3) is 2.58.